The number of fused-ring (bicyclic) bond motifs is 1. The predicted molar refractivity (Wildman–Crippen MR) is 68.4 cm³/mol. The summed E-state index contributed by atoms with van der Waals surface area (Å²) in [5.41, 5.74) is 1.51. The van der Waals surface area contributed by atoms with Crippen LogP contribution in [0, 0.1) is 0 Å². The molecule has 0 fully saturated rings. The molecule has 1 aromatic rings. The van der Waals surface area contributed by atoms with Gasteiger partial charge in [-0.1, -0.05) is 25.1 Å². The van der Waals surface area contributed by atoms with Crippen LogP contribution in [0.25, 0.3) is 0 Å². The Bertz CT molecular complexity index is 444. The third-order valence-corrected chi connectivity index (χ3v) is 3.89. The van der Waals surface area contributed by atoms with E-state index in [4.69, 9.17) is 0 Å². The van der Waals surface area contributed by atoms with Crippen molar-refractivity contribution in [3.63, 3.8) is 0 Å². The van der Waals surface area contributed by atoms with E-state index in [1.165, 1.54) is 5.56 Å². The van der Waals surface area contributed by atoms with Crippen LogP contribution in [0.5, 0.6) is 0 Å². The average Bonchev–Trinajstić information content (AvgIpc) is 2.64. The van der Waals surface area contributed by atoms with Crippen molar-refractivity contribution >= 4 is 11.7 Å². The summed E-state index contributed by atoms with van der Waals surface area (Å²) in [6, 6.07) is 8.34. The van der Waals surface area contributed by atoms with Gasteiger partial charge in [-0.05, 0) is 38.3 Å². The molecule has 17 heavy (non-hydrogen) atoms. The van der Waals surface area contributed by atoms with Crippen LogP contribution in [0.3, 0.4) is 0 Å². The van der Waals surface area contributed by atoms with Gasteiger partial charge < -0.3 is 10.0 Å². The van der Waals surface area contributed by atoms with Gasteiger partial charge in [0.2, 0.25) is 0 Å². The van der Waals surface area contributed by atoms with E-state index < -0.39 is 11.5 Å². The SMILES string of the molecule is CCC(C)(C(=O)O)N1c2ccccc2CC1C. The minimum Gasteiger partial charge on any atom is -0.480 e. The largest absolute Gasteiger partial charge is 0.480 e. The normalized spacial score (nSPS) is 22.1. The van der Waals surface area contributed by atoms with E-state index in [1.807, 2.05) is 32.0 Å². The molecule has 1 aromatic carbocycles. The summed E-state index contributed by atoms with van der Waals surface area (Å²) >= 11 is 0. The second-order valence-corrected chi connectivity index (χ2v) is 4.98. The summed E-state index contributed by atoms with van der Waals surface area (Å²) < 4.78 is 0. The Morgan fingerprint density at radius 2 is 2.18 bits per heavy atom. The Balaban J connectivity index is 2.49. The van der Waals surface area contributed by atoms with Crippen LogP contribution in [0.15, 0.2) is 24.3 Å². The molecular weight excluding hydrogens is 214 g/mol. The van der Waals surface area contributed by atoms with Gasteiger partial charge in [-0.15, -0.1) is 0 Å². The Morgan fingerprint density at radius 3 is 2.76 bits per heavy atom. The molecule has 0 spiro atoms. The van der Waals surface area contributed by atoms with Crippen molar-refractivity contribution in [2.24, 2.45) is 0 Å². The zero-order valence-corrected chi connectivity index (χ0v) is 10.6. The first kappa shape index (κ1) is 12.0. The van der Waals surface area contributed by atoms with Crippen LogP contribution in [0.2, 0.25) is 0 Å². The van der Waals surface area contributed by atoms with Crippen molar-refractivity contribution in [1.29, 1.82) is 0 Å². The van der Waals surface area contributed by atoms with E-state index in [9.17, 15) is 9.90 Å². The molecule has 0 aromatic heterocycles. The molecule has 0 saturated carbocycles. The van der Waals surface area contributed by atoms with Gasteiger partial charge in [-0.2, -0.15) is 0 Å². The van der Waals surface area contributed by atoms with Crippen molar-refractivity contribution in [3.05, 3.63) is 29.8 Å². The molecule has 3 nitrogen and oxygen atoms in total. The van der Waals surface area contributed by atoms with Crippen molar-refractivity contribution in [2.45, 2.75) is 45.2 Å². The summed E-state index contributed by atoms with van der Waals surface area (Å²) in [5, 5.41) is 9.49. The fourth-order valence-corrected chi connectivity index (χ4v) is 2.74. The van der Waals surface area contributed by atoms with Gasteiger partial charge in [-0.25, -0.2) is 4.79 Å². The molecule has 1 N–H and O–H groups in total. The summed E-state index contributed by atoms with van der Waals surface area (Å²) in [6.45, 7) is 5.84. The highest BCUT2D eigenvalue weighted by Crippen LogP contribution is 2.38. The second-order valence-electron chi connectivity index (χ2n) is 4.98. The fourth-order valence-electron chi connectivity index (χ4n) is 2.74. The second kappa shape index (κ2) is 4.06. The van der Waals surface area contributed by atoms with Gasteiger partial charge in [0.25, 0.3) is 0 Å². The molecule has 2 rings (SSSR count). The van der Waals surface area contributed by atoms with Crippen molar-refractivity contribution in [2.75, 3.05) is 4.90 Å². The zero-order chi connectivity index (χ0) is 12.6. The molecule has 0 amide bonds. The van der Waals surface area contributed by atoms with Crippen molar-refractivity contribution < 1.29 is 9.90 Å². The molecule has 0 bridgehead atoms. The number of carboxylic acids is 1. The van der Waals surface area contributed by atoms with E-state index in [2.05, 4.69) is 17.9 Å². The topological polar surface area (TPSA) is 40.5 Å². The number of para-hydroxylation sites is 1. The van der Waals surface area contributed by atoms with Crippen LogP contribution in [0.4, 0.5) is 5.69 Å². The molecule has 1 aliphatic rings. The Labute approximate surface area is 102 Å². The van der Waals surface area contributed by atoms with Crippen LogP contribution in [0.1, 0.15) is 32.8 Å². The molecule has 0 aliphatic carbocycles. The molecule has 2 atom stereocenters. The van der Waals surface area contributed by atoms with Crippen LogP contribution >= 0.6 is 0 Å². The lowest BCUT2D eigenvalue weighted by atomic mass is 9.95. The number of nitrogens with zero attached hydrogens (tertiary/aromatic N) is 1. The van der Waals surface area contributed by atoms with E-state index in [-0.39, 0.29) is 6.04 Å². The first-order chi connectivity index (χ1) is 8.00. The van der Waals surface area contributed by atoms with Gasteiger partial charge in [0.15, 0.2) is 0 Å². The van der Waals surface area contributed by atoms with E-state index in [0.29, 0.717) is 6.42 Å². The lowest BCUT2D eigenvalue weighted by molar-refractivity contribution is -0.143. The Morgan fingerprint density at radius 1 is 1.53 bits per heavy atom. The molecule has 1 aliphatic heterocycles. The Kier molecular flexibility index (Phi) is 2.86. The number of benzene rings is 1. The average molecular weight is 233 g/mol. The monoisotopic (exact) mass is 233 g/mol. The predicted octanol–water partition coefficient (Wildman–Crippen LogP) is 2.69. The molecule has 0 saturated heterocycles. The van der Waals surface area contributed by atoms with Gasteiger partial charge >= 0.3 is 5.97 Å². The number of rotatable bonds is 3. The van der Waals surface area contributed by atoms with Crippen molar-refractivity contribution in [1.82, 2.24) is 0 Å². The number of carboxylic acid groups (broad SMARTS) is 1. The van der Waals surface area contributed by atoms with E-state index >= 15 is 0 Å². The highest BCUT2D eigenvalue weighted by atomic mass is 16.4. The van der Waals surface area contributed by atoms with Gasteiger partial charge in [0.1, 0.15) is 5.54 Å². The van der Waals surface area contributed by atoms with Crippen LogP contribution < -0.4 is 4.90 Å². The summed E-state index contributed by atoms with van der Waals surface area (Å²) in [7, 11) is 0. The maximum Gasteiger partial charge on any atom is 0.329 e. The van der Waals surface area contributed by atoms with Crippen LogP contribution in [-0.2, 0) is 11.2 Å². The molecule has 0 radical (unpaired) electrons. The van der Waals surface area contributed by atoms with E-state index in [0.717, 1.165) is 12.1 Å². The quantitative estimate of drug-likeness (QED) is 0.872. The maximum absolute atomic E-state index is 11.6. The highest BCUT2D eigenvalue weighted by molar-refractivity contribution is 5.84. The summed E-state index contributed by atoms with van der Waals surface area (Å²) in [4.78, 5) is 13.6. The number of hydrogen-bond donors (Lipinski definition) is 1. The number of anilines is 1. The van der Waals surface area contributed by atoms with Gasteiger partial charge in [0, 0.05) is 11.7 Å². The highest BCUT2D eigenvalue weighted by Gasteiger charge is 2.43. The number of carbonyl (C=O) groups is 1. The minimum absolute atomic E-state index is 0.244. The first-order valence-electron chi connectivity index (χ1n) is 6.11. The lowest BCUT2D eigenvalue weighted by Gasteiger charge is -2.39. The molecular formula is C14H19NO2. The van der Waals surface area contributed by atoms with Crippen LogP contribution in [-0.4, -0.2) is 22.7 Å². The van der Waals surface area contributed by atoms with Gasteiger partial charge in [-0.3, -0.25) is 0 Å². The third-order valence-electron chi connectivity index (χ3n) is 3.89. The maximum atomic E-state index is 11.6. The molecule has 1 heterocycles. The van der Waals surface area contributed by atoms with Crippen molar-refractivity contribution in [3.8, 4) is 0 Å². The first-order valence-corrected chi connectivity index (χ1v) is 6.11. The minimum atomic E-state index is -0.813. The van der Waals surface area contributed by atoms with Gasteiger partial charge in [0.05, 0.1) is 0 Å². The molecule has 2 unspecified atom stereocenters. The molecule has 3 heteroatoms. The Hall–Kier alpha value is -1.51. The zero-order valence-electron chi connectivity index (χ0n) is 10.6. The lowest BCUT2D eigenvalue weighted by Crippen LogP contribution is -2.54. The smallest absolute Gasteiger partial charge is 0.329 e. The summed E-state index contributed by atoms with van der Waals surface area (Å²) in [6.07, 6.45) is 1.53. The van der Waals surface area contributed by atoms with E-state index in [1.54, 1.807) is 0 Å². The number of aliphatic carboxylic acids is 1. The molecule has 92 valence electrons. The third kappa shape index (κ3) is 1.70. The number of hydrogen-bond acceptors (Lipinski definition) is 2. The standard InChI is InChI=1S/C14H19NO2/c1-4-14(3,13(16)17)15-10(2)9-11-7-5-6-8-12(11)15/h5-8,10H,4,9H2,1-3H3,(H,16,17). The summed E-state index contributed by atoms with van der Waals surface area (Å²) in [5.74, 6) is -0.747. The fraction of sp³-hybridized carbons (Fsp3) is 0.500.